The van der Waals surface area contributed by atoms with Crippen LogP contribution in [0.3, 0.4) is 0 Å². The lowest BCUT2D eigenvalue weighted by atomic mass is 9.97. The van der Waals surface area contributed by atoms with Gasteiger partial charge in [-0.2, -0.15) is 4.98 Å². The normalized spacial score (nSPS) is 11.0. The van der Waals surface area contributed by atoms with Crippen molar-refractivity contribution in [1.29, 1.82) is 0 Å². The van der Waals surface area contributed by atoms with Gasteiger partial charge in [0.1, 0.15) is 11.0 Å². The molecular weight excluding hydrogens is 356 g/mol. The average molecular weight is 381 g/mol. The Hall–Kier alpha value is -2.41. The van der Waals surface area contributed by atoms with E-state index in [-0.39, 0.29) is 5.41 Å². The van der Waals surface area contributed by atoms with Crippen molar-refractivity contribution in [2.45, 2.75) is 20.8 Å². The first-order valence-corrected chi connectivity index (χ1v) is 8.49. The molecule has 0 aliphatic carbocycles. The van der Waals surface area contributed by atoms with Gasteiger partial charge < -0.3 is 24.8 Å². The first kappa shape index (κ1) is 19.9. The van der Waals surface area contributed by atoms with Crippen LogP contribution in [0.15, 0.2) is 18.2 Å². The van der Waals surface area contributed by atoms with E-state index in [0.29, 0.717) is 34.2 Å². The molecule has 0 aliphatic heterocycles. The van der Waals surface area contributed by atoms with E-state index in [1.807, 2.05) is 0 Å². The minimum atomic E-state index is 0.0932. The summed E-state index contributed by atoms with van der Waals surface area (Å²) in [5.41, 5.74) is 0.812. The lowest BCUT2D eigenvalue weighted by Crippen LogP contribution is -2.20. The summed E-state index contributed by atoms with van der Waals surface area (Å²) >= 11 is 6.13. The van der Waals surface area contributed by atoms with Gasteiger partial charge in [0.2, 0.25) is 11.7 Å². The second-order valence-electron chi connectivity index (χ2n) is 6.85. The minimum absolute atomic E-state index is 0.0932. The molecule has 2 aromatic rings. The Bertz CT molecular complexity index is 738. The molecule has 0 atom stereocenters. The zero-order valence-electron chi connectivity index (χ0n) is 15.9. The topological polar surface area (TPSA) is 77.5 Å². The Morgan fingerprint density at radius 2 is 1.58 bits per heavy atom. The van der Waals surface area contributed by atoms with Crippen LogP contribution in [-0.4, -0.2) is 37.8 Å². The standard InChI is InChI=1S/C18H25ClN4O3/c1-18(2,3)10-20-17-22-14(19)9-15(23-17)21-11-7-12(24-4)16(26-6)13(8-11)25-5/h7-9H,10H2,1-6H3,(H2,20,21,22,23). The average Bonchev–Trinajstić information content (AvgIpc) is 2.58. The maximum Gasteiger partial charge on any atom is 0.226 e. The zero-order valence-corrected chi connectivity index (χ0v) is 16.7. The molecule has 26 heavy (non-hydrogen) atoms. The van der Waals surface area contributed by atoms with Crippen LogP contribution < -0.4 is 24.8 Å². The van der Waals surface area contributed by atoms with Gasteiger partial charge in [0.15, 0.2) is 11.5 Å². The molecule has 1 aromatic heterocycles. The maximum absolute atomic E-state index is 6.13. The number of hydrogen-bond donors (Lipinski definition) is 2. The van der Waals surface area contributed by atoms with E-state index < -0.39 is 0 Å². The molecule has 0 amide bonds. The van der Waals surface area contributed by atoms with E-state index in [1.165, 1.54) is 0 Å². The Kier molecular flexibility index (Phi) is 6.37. The van der Waals surface area contributed by atoms with Crippen LogP contribution in [-0.2, 0) is 0 Å². The van der Waals surface area contributed by atoms with Crippen molar-refractivity contribution in [2.75, 3.05) is 38.5 Å². The molecule has 1 aromatic carbocycles. The summed E-state index contributed by atoms with van der Waals surface area (Å²) in [5, 5.41) is 6.73. The summed E-state index contributed by atoms with van der Waals surface area (Å²) in [6.07, 6.45) is 0. The number of benzene rings is 1. The number of aromatic nitrogens is 2. The molecule has 2 rings (SSSR count). The van der Waals surface area contributed by atoms with Gasteiger partial charge in [-0.25, -0.2) is 4.98 Å². The van der Waals surface area contributed by atoms with Crippen molar-refractivity contribution >= 4 is 29.1 Å². The van der Waals surface area contributed by atoms with Gasteiger partial charge in [0.05, 0.1) is 21.3 Å². The predicted octanol–water partition coefficient (Wildman–Crippen LogP) is 4.36. The highest BCUT2D eigenvalue weighted by molar-refractivity contribution is 6.29. The Morgan fingerprint density at radius 1 is 0.962 bits per heavy atom. The van der Waals surface area contributed by atoms with Crippen molar-refractivity contribution in [3.05, 3.63) is 23.4 Å². The summed E-state index contributed by atoms with van der Waals surface area (Å²) in [4.78, 5) is 8.66. The fourth-order valence-electron chi connectivity index (χ4n) is 2.21. The van der Waals surface area contributed by atoms with Gasteiger partial charge in [-0.15, -0.1) is 0 Å². The van der Waals surface area contributed by atoms with Crippen LogP contribution in [0.2, 0.25) is 5.15 Å². The van der Waals surface area contributed by atoms with Gasteiger partial charge in [0.25, 0.3) is 0 Å². The maximum atomic E-state index is 6.13. The first-order valence-electron chi connectivity index (χ1n) is 8.11. The number of nitrogens with one attached hydrogen (secondary N) is 2. The number of ether oxygens (including phenoxy) is 3. The highest BCUT2D eigenvalue weighted by Crippen LogP contribution is 2.40. The van der Waals surface area contributed by atoms with Gasteiger partial charge in [-0.1, -0.05) is 32.4 Å². The quantitative estimate of drug-likeness (QED) is 0.691. The van der Waals surface area contributed by atoms with Crippen LogP contribution >= 0.6 is 11.6 Å². The van der Waals surface area contributed by atoms with Gasteiger partial charge in [-0.05, 0) is 5.41 Å². The van der Waals surface area contributed by atoms with E-state index >= 15 is 0 Å². The molecule has 8 heteroatoms. The molecule has 1 heterocycles. The van der Waals surface area contributed by atoms with Crippen molar-refractivity contribution < 1.29 is 14.2 Å². The number of nitrogens with zero attached hydrogens (tertiary/aromatic N) is 2. The summed E-state index contributed by atoms with van der Waals surface area (Å²) < 4.78 is 16.1. The predicted molar refractivity (Wildman–Crippen MR) is 104 cm³/mol. The van der Waals surface area contributed by atoms with E-state index in [2.05, 4.69) is 41.4 Å². The van der Waals surface area contributed by atoms with Crippen molar-refractivity contribution in [1.82, 2.24) is 9.97 Å². The first-order chi connectivity index (χ1) is 12.3. The van der Waals surface area contributed by atoms with Crippen LogP contribution in [0.4, 0.5) is 17.5 Å². The fraction of sp³-hybridized carbons (Fsp3) is 0.444. The van der Waals surface area contributed by atoms with Crippen LogP contribution in [0.5, 0.6) is 17.2 Å². The molecule has 0 radical (unpaired) electrons. The third-order valence-corrected chi connectivity index (χ3v) is 3.60. The Labute approximate surface area is 159 Å². The van der Waals surface area contributed by atoms with Crippen molar-refractivity contribution in [3.63, 3.8) is 0 Å². The number of halogens is 1. The molecule has 0 unspecified atom stereocenters. The van der Waals surface area contributed by atoms with Crippen LogP contribution in [0, 0.1) is 5.41 Å². The molecule has 0 aliphatic rings. The van der Waals surface area contributed by atoms with Gasteiger partial charge in [-0.3, -0.25) is 0 Å². The smallest absolute Gasteiger partial charge is 0.226 e. The van der Waals surface area contributed by atoms with Crippen LogP contribution in [0.1, 0.15) is 20.8 Å². The lowest BCUT2D eigenvalue weighted by molar-refractivity contribution is 0.324. The Morgan fingerprint density at radius 3 is 2.08 bits per heavy atom. The lowest BCUT2D eigenvalue weighted by Gasteiger charge is -2.19. The van der Waals surface area contributed by atoms with E-state index in [4.69, 9.17) is 25.8 Å². The third-order valence-electron chi connectivity index (χ3n) is 3.41. The molecular formula is C18H25ClN4O3. The molecule has 0 bridgehead atoms. The van der Waals surface area contributed by atoms with E-state index in [0.717, 1.165) is 12.2 Å². The van der Waals surface area contributed by atoms with Crippen molar-refractivity contribution in [2.24, 2.45) is 5.41 Å². The monoisotopic (exact) mass is 380 g/mol. The van der Waals surface area contributed by atoms with E-state index in [9.17, 15) is 0 Å². The second-order valence-corrected chi connectivity index (χ2v) is 7.24. The highest BCUT2D eigenvalue weighted by atomic mass is 35.5. The zero-order chi connectivity index (χ0) is 19.3. The number of anilines is 3. The SMILES string of the molecule is COc1cc(Nc2cc(Cl)nc(NCC(C)(C)C)n2)cc(OC)c1OC. The third kappa shape index (κ3) is 5.29. The molecule has 0 fully saturated rings. The summed E-state index contributed by atoms with van der Waals surface area (Å²) in [7, 11) is 4.69. The van der Waals surface area contributed by atoms with Crippen molar-refractivity contribution in [3.8, 4) is 17.2 Å². The minimum Gasteiger partial charge on any atom is -0.493 e. The molecule has 2 N–H and O–H groups in total. The second kappa shape index (κ2) is 8.31. The molecule has 0 spiro atoms. The number of rotatable bonds is 7. The molecule has 7 nitrogen and oxygen atoms in total. The number of methoxy groups -OCH3 is 3. The fourth-order valence-corrected chi connectivity index (χ4v) is 2.39. The molecule has 142 valence electrons. The van der Waals surface area contributed by atoms with Gasteiger partial charge in [0, 0.05) is 30.4 Å². The summed E-state index contributed by atoms with van der Waals surface area (Å²) in [5.74, 6) is 2.62. The van der Waals surface area contributed by atoms with E-state index in [1.54, 1.807) is 39.5 Å². The summed E-state index contributed by atoms with van der Waals surface area (Å²) in [6.45, 7) is 7.09. The molecule has 0 saturated heterocycles. The molecule has 0 saturated carbocycles. The number of hydrogen-bond acceptors (Lipinski definition) is 7. The largest absolute Gasteiger partial charge is 0.493 e. The highest BCUT2D eigenvalue weighted by Gasteiger charge is 2.15. The van der Waals surface area contributed by atoms with Crippen LogP contribution in [0.25, 0.3) is 0 Å². The summed E-state index contributed by atoms with van der Waals surface area (Å²) in [6, 6.07) is 5.23. The Balaban J connectivity index is 2.29. The van der Waals surface area contributed by atoms with Gasteiger partial charge >= 0.3 is 0 Å².